The van der Waals surface area contributed by atoms with Crippen molar-refractivity contribution in [2.45, 2.75) is 90.4 Å². The zero-order valence-electron chi connectivity index (χ0n) is 21.6. The molecule has 2 amide bonds. The van der Waals surface area contributed by atoms with Crippen molar-refractivity contribution in [1.82, 2.24) is 10.4 Å². The van der Waals surface area contributed by atoms with E-state index in [2.05, 4.69) is 25.0 Å². The van der Waals surface area contributed by atoms with Gasteiger partial charge in [0.05, 0.1) is 6.61 Å². The lowest BCUT2D eigenvalue weighted by molar-refractivity contribution is -0.177. The van der Waals surface area contributed by atoms with Gasteiger partial charge in [0, 0.05) is 14.6 Å². The monoisotopic (exact) mass is 494 g/mol. The number of esters is 1. The van der Waals surface area contributed by atoms with Crippen molar-refractivity contribution in [3.8, 4) is 0 Å². The van der Waals surface area contributed by atoms with Crippen molar-refractivity contribution in [3.05, 3.63) is 35.9 Å². The van der Waals surface area contributed by atoms with Gasteiger partial charge in [-0.25, -0.2) is 14.7 Å². The molecule has 192 valence electrons. The quantitative estimate of drug-likeness (QED) is 0.122. The number of rotatable bonds is 15. The molecule has 0 bridgehead atoms. The number of unbranched alkanes of at least 4 members (excludes halogenated alkanes) is 2. The first-order valence-corrected chi connectivity index (χ1v) is 15.7. The minimum atomic E-state index is -1.34. The number of nitrogens with one attached hydrogen (secondary N) is 1. The number of hydrogen-bond donors (Lipinski definition) is 1. The minimum Gasteiger partial charge on any atom is -0.464 e. The Morgan fingerprint density at radius 1 is 1.09 bits per heavy atom. The summed E-state index contributed by atoms with van der Waals surface area (Å²) in [6.45, 7) is 13.1. The first-order chi connectivity index (χ1) is 15.9. The predicted molar refractivity (Wildman–Crippen MR) is 135 cm³/mol. The highest BCUT2D eigenvalue weighted by Crippen LogP contribution is 2.12. The molecule has 0 saturated heterocycles. The average Bonchev–Trinajstić information content (AvgIpc) is 2.73. The van der Waals surface area contributed by atoms with Gasteiger partial charge in [0.2, 0.25) is 6.41 Å². The van der Waals surface area contributed by atoms with Crippen LogP contribution >= 0.6 is 0 Å². The lowest BCUT2D eigenvalue weighted by Gasteiger charge is -2.23. The van der Waals surface area contributed by atoms with E-state index in [1.54, 1.807) is 20.8 Å². The minimum absolute atomic E-state index is 0.324. The SMILES string of the molecule is CC(C)(C)OC(=O)N[C@@H](CCCCCN(C=O)OCc1ccccc1)C(=O)OCC[Si](C)(C)C. The van der Waals surface area contributed by atoms with Crippen LogP contribution in [-0.2, 0) is 30.5 Å². The maximum atomic E-state index is 12.6. The molecular weight excluding hydrogens is 452 g/mol. The maximum Gasteiger partial charge on any atom is 0.408 e. The van der Waals surface area contributed by atoms with E-state index in [0.29, 0.717) is 45.4 Å². The molecule has 1 N–H and O–H groups in total. The summed E-state index contributed by atoms with van der Waals surface area (Å²) in [4.78, 5) is 41.6. The van der Waals surface area contributed by atoms with Gasteiger partial charge in [0.25, 0.3) is 0 Å². The van der Waals surface area contributed by atoms with Crippen LogP contribution in [-0.4, -0.2) is 56.4 Å². The third-order valence-corrected chi connectivity index (χ3v) is 6.50. The summed E-state index contributed by atoms with van der Waals surface area (Å²) >= 11 is 0. The molecule has 0 aromatic heterocycles. The average molecular weight is 495 g/mol. The van der Waals surface area contributed by atoms with Crippen LogP contribution in [0.5, 0.6) is 0 Å². The second kappa shape index (κ2) is 14.8. The van der Waals surface area contributed by atoms with Crippen molar-refractivity contribution in [3.63, 3.8) is 0 Å². The van der Waals surface area contributed by atoms with Gasteiger partial charge >= 0.3 is 12.1 Å². The molecule has 0 saturated carbocycles. The van der Waals surface area contributed by atoms with Crippen LogP contribution < -0.4 is 5.32 Å². The normalized spacial score (nSPS) is 12.5. The largest absolute Gasteiger partial charge is 0.464 e. The van der Waals surface area contributed by atoms with E-state index in [4.69, 9.17) is 14.3 Å². The summed E-state index contributed by atoms with van der Waals surface area (Å²) in [6.07, 6.45) is 2.60. The summed E-state index contributed by atoms with van der Waals surface area (Å²) in [5.41, 5.74) is 0.326. The molecule has 1 atom stereocenters. The number of carbonyl (C=O) groups is 3. The summed E-state index contributed by atoms with van der Waals surface area (Å²) in [5.74, 6) is -0.440. The highest BCUT2D eigenvalue weighted by atomic mass is 28.3. The number of amides is 2. The highest BCUT2D eigenvalue weighted by molar-refractivity contribution is 6.76. The van der Waals surface area contributed by atoms with E-state index >= 15 is 0 Å². The van der Waals surface area contributed by atoms with Crippen molar-refractivity contribution in [2.75, 3.05) is 13.2 Å². The highest BCUT2D eigenvalue weighted by Gasteiger charge is 2.26. The molecule has 1 aromatic carbocycles. The molecule has 0 aliphatic rings. The third kappa shape index (κ3) is 14.7. The first-order valence-electron chi connectivity index (χ1n) is 11.9. The molecule has 0 unspecified atom stereocenters. The molecule has 0 heterocycles. The smallest absolute Gasteiger partial charge is 0.408 e. The van der Waals surface area contributed by atoms with E-state index in [9.17, 15) is 14.4 Å². The van der Waals surface area contributed by atoms with E-state index in [-0.39, 0.29) is 0 Å². The number of carbonyl (C=O) groups excluding carboxylic acids is 3. The molecule has 0 fully saturated rings. The Labute approximate surface area is 205 Å². The molecule has 34 heavy (non-hydrogen) atoms. The number of hydroxylamine groups is 2. The fourth-order valence-electron chi connectivity index (χ4n) is 2.93. The van der Waals surface area contributed by atoms with E-state index in [1.807, 2.05) is 30.3 Å². The van der Waals surface area contributed by atoms with Crippen molar-refractivity contribution in [1.29, 1.82) is 0 Å². The van der Waals surface area contributed by atoms with Crippen molar-refractivity contribution < 1.29 is 28.7 Å². The van der Waals surface area contributed by atoms with Crippen molar-refractivity contribution >= 4 is 26.5 Å². The summed E-state index contributed by atoms with van der Waals surface area (Å²) in [5, 5.41) is 3.94. The van der Waals surface area contributed by atoms with Gasteiger partial charge in [-0.2, -0.15) is 0 Å². The number of benzene rings is 1. The number of alkyl carbamates (subject to hydrolysis) is 1. The summed E-state index contributed by atoms with van der Waals surface area (Å²) in [7, 11) is -1.34. The van der Waals surface area contributed by atoms with E-state index in [1.165, 1.54) is 5.06 Å². The van der Waals surface area contributed by atoms with Crippen LogP contribution in [0, 0.1) is 0 Å². The first kappa shape index (κ1) is 29.6. The van der Waals surface area contributed by atoms with Crippen molar-refractivity contribution in [2.24, 2.45) is 0 Å². The van der Waals surface area contributed by atoms with Gasteiger partial charge in [0.15, 0.2) is 0 Å². The van der Waals surface area contributed by atoms with E-state index in [0.717, 1.165) is 18.0 Å². The van der Waals surface area contributed by atoms with Gasteiger partial charge in [-0.15, -0.1) is 0 Å². The van der Waals surface area contributed by atoms with Crippen LogP contribution in [0.4, 0.5) is 4.79 Å². The van der Waals surface area contributed by atoms with Crippen LogP contribution in [0.15, 0.2) is 30.3 Å². The van der Waals surface area contributed by atoms with Gasteiger partial charge in [-0.05, 0) is 45.2 Å². The standard InChI is InChI=1S/C25H42N2O6Si/c1-25(2,3)33-24(30)26-22(23(29)31-17-18-34(4,5)6)15-11-8-12-16-27(20-28)32-19-21-13-9-7-10-14-21/h7,9-10,13-14,20,22H,8,11-12,15-19H2,1-6H3,(H,26,30)/t22-/m0/s1. The van der Waals surface area contributed by atoms with Gasteiger partial charge < -0.3 is 14.8 Å². The van der Waals surface area contributed by atoms with E-state index < -0.39 is 31.8 Å². The topological polar surface area (TPSA) is 94.2 Å². The maximum absolute atomic E-state index is 12.6. The Balaban J connectivity index is 2.47. The Morgan fingerprint density at radius 2 is 1.76 bits per heavy atom. The third-order valence-electron chi connectivity index (χ3n) is 4.80. The fourth-order valence-corrected chi connectivity index (χ4v) is 3.64. The second-order valence-electron chi connectivity index (χ2n) is 10.5. The Bertz CT molecular complexity index is 746. The molecule has 9 heteroatoms. The van der Waals surface area contributed by atoms with Gasteiger partial charge in [0.1, 0.15) is 18.2 Å². The summed E-state index contributed by atoms with van der Waals surface area (Å²) in [6, 6.07) is 9.72. The predicted octanol–water partition coefficient (Wildman–Crippen LogP) is 4.91. The fraction of sp³-hybridized carbons (Fsp3) is 0.640. The van der Waals surface area contributed by atoms with Gasteiger partial charge in [-0.3, -0.25) is 9.63 Å². The molecule has 0 aliphatic carbocycles. The summed E-state index contributed by atoms with van der Waals surface area (Å²) < 4.78 is 10.7. The second-order valence-corrected chi connectivity index (χ2v) is 16.2. The number of nitrogens with zero attached hydrogens (tertiary/aromatic N) is 1. The Morgan fingerprint density at radius 3 is 2.35 bits per heavy atom. The van der Waals surface area contributed by atoms with Crippen LogP contribution in [0.2, 0.25) is 25.7 Å². The molecular formula is C25H42N2O6Si. The number of ether oxygens (including phenoxy) is 2. The Hall–Kier alpha value is -2.39. The zero-order chi connectivity index (χ0) is 25.6. The lowest BCUT2D eigenvalue weighted by Crippen LogP contribution is -2.44. The Kier molecular flexibility index (Phi) is 12.9. The molecule has 0 spiro atoms. The lowest BCUT2D eigenvalue weighted by atomic mass is 10.1. The van der Waals surface area contributed by atoms with Crippen LogP contribution in [0.25, 0.3) is 0 Å². The van der Waals surface area contributed by atoms with Gasteiger partial charge in [-0.1, -0.05) is 62.8 Å². The number of hydrogen-bond acceptors (Lipinski definition) is 6. The molecule has 1 aromatic rings. The molecule has 0 aliphatic heterocycles. The molecule has 1 rings (SSSR count). The molecule has 8 nitrogen and oxygen atoms in total. The zero-order valence-corrected chi connectivity index (χ0v) is 22.6. The van der Waals surface area contributed by atoms with Crippen LogP contribution in [0.3, 0.4) is 0 Å². The van der Waals surface area contributed by atoms with Crippen LogP contribution in [0.1, 0.15) is 52.0 Å². The molecule has 0 radical (unpaired) electrons.